The number of hydrogen-bond donors (Lipinski definition) is 2. The molecule has 1 aliphatic rings. The van der Waals surface area contributed by atoms with E-state index in [9.17, 15) is 18.8 Å². The summed E-state index contributed by atoms with van der Waals surface area (Å²) in [4.78, 5) is 35.5. The van der Waals surface area contributed by atoms with Crippen LogP contribution in [-0.4, -0.2) is 37.7 Å². The van der Waals surface area contributed by atoms with Gasteiger partial charge in [-0.15, -0.1) is 0 Å². The second-order valence-electron chi connectivity index (χ2n) is 6.26. The normalized spacial score (nSPS) is 12.8. The number of esters is 1. The molecule has 0 bridgehead atoms. The van der Waals surface area contributed by atoms with Crippen LogP contribution >= 0.6 is 0 Å². The standard InChI is InChI=1S/C20H19FN2O6/c1-12(13-5-6-16-17(8-13)29-11-28-16)23-18(24)10-27-19(25)9-22-20(26)14-3-2-4-15(21)7-14/h2-8,12H,9-11H2,1H3,(H,22,26)(H,23,24)/t12-/m1/s1. The number of hydrogen-bond acceptors (Lipinski definition) is 6. The Labute approximate surface area is 165 Å². The Hall–Kier alpha value is -3.62. The highest BCUT2D eigenvalue weighted by molar-refractivity contribution is 5.96. The number of rotatable bonds is 7. The van der Waals surface area contributed by atoms with Gasteiger partial charge in [0.15, 0.2) is 18.1 Å². The van der Waals surface area contributed by atoms with Crippen molar-refractivity contribution in [1.82, 2.24) is 10.6 Å². The SMILES string of the molecule is C[C@@H](NC(=O)COC(=O)CNC(=O)c1cccc(F)c1)c1ccc2c(c1)OCO2. The van der Waals surface area contributed by atoms with Crippen molar-refractivity contribution in [1.29, 1.82) is 0 Å². The molecule has 29 heavy (non-hydrogen) atoms. The quantitative estimate of drug-likeness (QED) is 0.684. The molecule has 2 aromatic carbocycles. The average molecular weight is 402 g/mol. The van der Waals surface area contributed by atoms with Gasteiger partial charge in [0.25, 0.3) is 11.8 Å². The molecule has 1 heterocycles. The van der Waals surface area contributed by atoms with Crippen LogP contribution in [0.1, 0.15) is 28.9 Å². The van der Waals surface area contributed by atoms with Crippen LogP contribution in [-0.2, 0) is 14.3 Å². The van der Waals surface area contributed by atoms with E-state index in [1.54, 1.807) is 25.1 Å². The molecule has 0 unspecified atom stereocenters. The summed E-state index contributed by atoms with van der Waals surface area (Å²) in [6.45, 7) is 0.992. The number of carbonyl (C=O) groups excluding carboxylic acids is 3. The Balaban J connectivity index is 1.40. The van der Waals surface area contributed by atoms with Crippen LogP contribution in [0.4, 0.5) is 4.39 Å². The van der Waals surface area contributed by atoms with Gasteiger partial charge in [0, 0.05) is 5.56 Å². The van der Waals surface area contributed by atoms with Crippen LogP contribution in [0.2, 0.25) is 0 Å². The molecular formula is C20H19FN2O6. The summed E-state index contributed by atoms with van der Waals surface area (Å²) in [6.07, 6.45) is 0. The fourth-order valence-electron chi connectivity index (χ4n) is 2.63. The lowest BCUT2D eigenvalue weighted by Crippen LogP contribution is -2.34. The van der Waals surface area contributed by atoms with Crippen LogP contribution in [0.3, 0.4) is 0 Å². The van der Waals surface area contributed by atoms with E-state index in [2.05, 4.69) is 10.6 Å². The summed E-state index contributed by atoms with van der Waals surface area (Å²) >= 11 is 0. The van der Waals surface area contributed by atoms with Crippen LogP contribution in [0.15, 0.2) is 42.5 Å². The molecule has 152 valence electrons. The third kappa shape index (κ3) is 5.44. The summed E-state index contributed by atoms with van der Waals surface area (Å²) in [5, 5.41) is 5.00. The topological polar surface area (TPSA) is 103 Å². The number of benzene rings is 2. The smallest absolute Gasteiger partial charge is 0.325 e. The molecule has 3 rings (SSSR count). The maximum Gasteiger partial charge on any atom is 0.325 e. The van der Waals surface area contributed by atoms with Crippen molar-refractivity contribution in [3.63, 3.8) is 0 Å². The predicted molar refractivity (Wildman–Crippen MR) is 98.8 cm³/mol. The molecule has 0 radical (unpaired) electrons. The van der Waals surface area contributed by atoms with Crippen molar-refractivity contribution in [2.45, 2.75) is 13.0 Å². The molecule has 2 amide bonds. The first-order valence-electron chi connectivity index (χ1n) is 8.80. The largest absolute Gasteiger partial charge is 0.454 e. The summed E-state index contributed by atoms with van der Waals surface area (Å²) in [5.41, 5.74) is 0.879. The van der Waals surface area contributed by atoms with E-state index in [4.69, 9.17) is 14.2 Å². The van der Waals surface area contributed by atoms with Gasteiger partial charge in [0.05, 0.1) is 6.04 Å². The Morgan fingerprint density at radius 1 is 1.14 bits per heavy atom. The molecule has 9 heteroatoms. The fraction of sp³-hybridized carbons (Fsp3) is 0.250. The molecule has 0 fully saturated rings. The minimum absolute atomic E-state index is 0.0769. The van der Waals surface area contributed by atoms with E-state index >= 15 is 0 Å². The Bertz CT molecular complexity index is 933. The summed E-state index contributed by atoms with van der Waals surface area (Å²) in [5.74, 6) is -1.23. The van der Waals surface area contributed by atoms with Gasteiger partial charge in [-0.3, -0.25) is 14.4 Å². The molecule has 0 aromatic heterocycles. The van der Waals surface area contributed by atoms with Crippen molar-refractivity contribution < 1.29 is 33.0 Å². The number of halogens is 1. The van der Waals surface area contributed by atoms with Crippen LogP contribution in [0.25, 0.3) is 0 Å². The monoisotopic (exact) mass is 402 g/mol. The average Bonchev–Trinajstić information content (AvgIpc) is 3.18. The van der Waals surface area contributed by atoms with Crippen LogP contribution in [0.5, 0.6) is 11.5 Å². The zero-order chi connectivity index (χ0) is 20.8. The third-order valence-electron chi connectivity index (χ3n) is 4.12. The zero-order valence-corrected chi connectivity index (χ0v) is 15.6. The molecule has 8 nitrogen and oxygen atoms in total. The van der Waals surface area contributed by atoms with E-state index in [0.717, 1.165) is 11.6 Å². The summed E-state index contributed by atoms with van der Waals surface area (Å²) < 4.78 is 28.5. The third-order valence-corrected chi connectivity index (χ3v) is 4.12. The second-order valence-corrected chi connectivity index (χ2v) is 6.26. The van der Waals surface area contributed by atoms with Gasteiger partial charge in [0.2, 0.25) is 6.79 Å². The molecule has 0 spiro atoms. The van der Waals surface area contributed by atoms with Gasteiger partial charge in [0.1, 0.15) is 12.4 Å². The van der Waals surface area contributed by atoms with Crippen molar-refractivity contribution in [2.24, 2.45) is 0 Å². The predicted octanol–water partition coefficient (Wildman–Crippen LogP) is 1.70. The van der Waals surface area contributed by atoms with Crippen molar-refractivity contribution in [3.05, 3.63) is 59.4 Å². The molecule has 2 N–H and O–H groups in total. The first-order valence-corrected chi connectivity index (χ1v) is 8.80. The lowest BCUT2D eigenvalue weighted by atomic mass is 10.1. The number of amides is 2. The fourth-order valence-corrected chi connectivity index (χ4v) is 2.63. The van der Waals surface area contributed by atoms with Gasteiger partial charge >= 0.3 is 5.97 Å². The molecule has 2 aromatic rings. The molecule has 0 saturated heterocycles. The maximum absolute atomic E-state index is 13.1. The first kappa shape index (κ1) is 20.1. The number of nitrogens with one attached hydrogen (secondary N) is 2. The van der Waals surface area contributed by atoms with Crippen LogP contribution < -0.4 is 20.1 Å². The maximum atomic E-state index is 13.1. The van der Waals surface area contributed by atoms with Crippen LogP contribution in [0, 0.1) is 5.82 Å². The molecule has 1 atom stereocenters. The molecule has 0 aliphatic carbocycles. The van der Waals surface area contributed by atoms with Crippen molar-refractivity contribution in [3.8, 4) is 11.5 Å². The number of fused-ring (bicyclic) bond motifs is 1. The second kappa shape index (κ2) is 9.05. The number of carbonyl (C=O) groups is 3. The van der Waals surface area contributed by atoms with E-state index < -0.39 is 36.8 Å². The highest BCUT2D eigenvalue weighted by Gasteiger charge is 2.17. The highest BCUT2D eigenvalue weighted by Crippen LogP contribution is 2.34. The van der Waals surface area contributed by atoms with Crippen molar-refractivity contribution in [2.75, 3.05) is 19.9 Å². The lowest BCUT2D eigenvalue weighted by Gasteiger charge is -2.15. The number of ether oxygens (including phenoxy) is 3. The molecule has 1 aliphatic heterocycles. The molecule has 0 saturated carbocycles. The summed E-state index contributed by atoms with van der Waals surface area (Å²) in [6, 6.07) is 10.0. The van der Waals surface area contributed by atoms with E-state index in [0.29, 0.717) is 11.5 Å². The minimum atomic E-state index is -0.791. The lowest BCUT2D eigenvalue weighted by molar-refractivity contribution is -0.147. The van der Waals surface area contributed by atoms with Gasteiger partial charge in [-0.1, -0.05) is 12.1 Å². The van der Waals surface area contributed by atoms with Gasteiger partial charge in [-0.25, -0.2) is 4.39 Å². The van der Waals surface area contributed by atoms with E-state index in [1.807, 2.05) is 0 Å². The summed E-state index contributed by atoms with van der Waals surface area (Å²) in [7, 11) is 0. The first-order chi connectivity index (χ1) is 13.9. The Morgan fingerprint density at radius 2 is 1.93 bits per heavy atom. The van der Waals surface area contributed by atoms with Gasteiger partial charge in [-0.05, 0) is 42.8 Å². The molecular weight excluding hydrogens is 383 g/mol. The Kier molecular flexibility index (Phi) is 6.28. The van der Waals surface area contributed by atoms with E-state index in [-0.39, 0.29) is 18.4 Å². The van der Waals surface area contributed by atoms with Gasteiger partial charge in [-0.2, -0.15) is 0 Å². The zero-order valence-electron chi connectivity index (χ0n) is 15.6. The van der Waals surface area contributed by atoms with E-state index in [1.165, 1.54) is 18.2 Å². The minimum Gasteiger partial charge on any atom is -0.454 e. The Morgan fingerprint density at radius 3 is 2.72 bits per heavy atom. The van der Waals surface area contributed by atoms with Gasteiger partial charge < -0.3 is 24.8 Å². The highest BCUT2D eigenvalue weighted by atomic mass is 19.1. The van der Waals surface area contributed by atoms with Crippen molar-refractivity contribution >= 4 is 17.8 Å².